The molecule has 0 aromatic heterocycles. The zero-order chi connectivity index (χ0) is 58.5. The van der Waals surface area contributed by atoms with Gasteiger partial charge < -0.3 is 14.2 Å². The summed E-state index contributed by atoms with van der Waals surface area (Å²) in [6.45, 7) is 6.71. The fourth-order valence-corrected chi connectivity index (χ4v) is 11.4. The van der Waals surface area contributed by atoms with Crippen LogP contribution in [0, 0.1) is 0 Å². The number of rotatable bonds is 69. The molecule has 0 radical (unpaired) electrons. The molecule has 1 atom stereocenters. The summed E-state index contributed by atoms with van der Waals surface area (Å²) in [6.07, 6.45) is 86.6. The average molecular weight is 1140 g/mol. The number of hydrogen-bond donors (Lipinski definition) is 0. The molecule has 0 aliphatic heterocycles. The van der Waals surface area contributed by atoms with Crippen molar-refractivity contribution >= 4 is 17.9 Å². The molecule has 0 saturated carbocycles. The van der Waals surface area contributed by atoms with Crippen LogP contribution in [0.15, 0.2) is 24.3 Å². The molecule has 0 bridgehead atoms. The van der Waals surface area contributed by atoms with Crippen molar-refractivity contribution in [1.82, 2.24) is 0 Å². The molecule has 0 fully saturated rings. The Kier molecular flexibility index (Phi) is 68.5. The predicted octanol–water partition coefficient (Wildman–Crippen LogP) is 25.3. The molecule has 6 heteroatoms. The first kappa shape index (κ1) is 78.9. The van der Waals surface area contributed by atoms with E-state index in [-0.39, 0.29) is 31.1 Å². The summed E-state index contributed by atoms with van der Waals surface area (Å²) in [6, 6.07) is 0. The quantitative estimate of drug-likeness (QED) is 0.0261. The molecule has 0 aromatic carbocycles. The van der Waals surface area contributed by atoms with Crippen LogP contribution < -0.4 is 0 Å². The number of carbonyl (C=O) groups excluding carboxylic acids is 3. The molecule has 81 heavy (non-hydrogen) atoms. The number of allylic oxidation sites excluding steroid dienone is 4. The minimum absolute atomic E-state index is 0.0625. The summed E-state index contributed by atoms with van der Waals surface area (Å²) in [5, 5.41) is 0. The van der Waals surface area contributed by atoms with Gasteiger partial charge in [0.1, 0.15) is 13.2 Å². The molecule has 0 aliphatic carbocycles. The second-order valence-electron chi connectivity index (χ2n) is 25.2. The molecule has 0 spiro atoms. The lowest BCUT2D eigenvalue weighted by molar-refractivity contribution is -0.167. The number of esters is 3. The summed E-state index contributed by atoms with van der Waals surface area (Å²) in [5.41, 5.74) is 0. The zero-order valence-corrected chi connectivity index (χ0v) is 55.1. The van der Waals surface area contributed by atoms with Crippen molar-refractivity contribution in [2.24, 2.45) is 0 Å². The maximum Gasteiger partial charge on any atom is 0.306 e. The van der Waals surface area contributed by atoms with Gasteiger partial charge in [-0.2, -0.15) is 0 Å². The van der Waals surface area contributed by atoms with Crippen LogP contribution in [0.25, 0.3) is 0 Å². The molecule has 0 N–H and O–H groups in total. The minimum Gasteiger partial charge on any atom is -0.462 e. The van der Waals surface area contributed by atoms with Crippen LogP contribution in [0.1, 0.15) is 419 Å². The predicted molar refractivity (Wildman–Crippen MR) is 353 cm³/mol. The van der Waals surface area contributed by atoms with E-state index in [0.29, 0.717) is 19.3 Å². The van der Waals surface area contributed by atoms with Gasteiger partial charge in [0, 0.05) is 19.3 Å². The average Bonchev–Trinajstić information content (AvgIpc) is 3.46. The largest absolute Gasteiger partial charge is 0.462 e. The van der Waals surface area contributed by atoms with Crippen LogP contribution in [-0.4, -0.2) is 37.2 Å². The van der Waals surface area contributed by atoms with Crippen molar-refractivity contribution in [2.75, 3.05) is 13.2 Å². The van der Waals surface area contributed by atoms with Gasteiger partial charge in [-0.1, -0.05) is 373 Å². The van der Waals surface area contributed by atoms with Gasteiger partial charge in [-0.3, -0.25) is 14.4 Å². The van der Waals surface area contributed by atoms with Gasteiger partial charge in [0.25, 0.3) is 0 Å². The first-order valence-corrected chi connectivity index (χ1v) is 36.8. The van der Waals surface area contributed by atoms with E-state index in [9.17, 15) is 14.4 Å². The molecular weight excluding hydrogens is 997 g/mol. The Morgan fingerprint density at radius 2 is 0.444 bits per heavy atom. The standard InChI is InChI=1S/C75H142O6/c1-4-7-10-13-16-19-22-25-27-28-29-30-31-32-33-34-35-36-37-38-39-40-41-42-43-44-45-46-48-50-53-56-59-62-65-68-74(77)80-71-72(70-79-73(76)67-64-61-58-55-52-49-24-21-18-15-12-9-6-3)81-75(78)69-66-63-60-57-54-51-47-26-23-20-17-14-11-8-5-2/h22,25,28-29,72H,4-21,23-24,26-27,30-71H2,1-3H3/b25-22-,29-28-. The maximum atomic E-state index is 12.9. The Hall–Kier alpha value is -2.11. The van der Waals surface area contributed by atoms with E-state index in [2.05, 4.69) is 45.1 Å². The van der Waals surface area contributed by atoms with Gasteiger partial charge in [-0.25, -0.2) is 0 Å². The molecule has 0 heterocycles. The number of carbonyl (C=O) groups is 3. The Balaban J connectivity index is 4.03. The highest BCUT2D eigenvalue weighted by Gasteiger charge is 2.20. The molecule has 0 rings (SSSR count). The van der Waals surface area contributed by atoms with E-state index < -0.39 is 6.10 Å². The Morgan fingerprint density at radius 1 is 0.247 bits per heavy atom. The Labute approximate surface area is 506 Å². The van der Waals surface area contributed by atoms with Gasteiger partial charge in [0.05, 0.1) is 0 Å². The molecule has 1 unspecified atom stereocenters. The van der Waals surface area contributed by atoms with E-state index in [1.807, 2.05) is 0 Å². The van der Waals surface area contributed by atoms with Crippen molar-refractivity contribution in [2.45, 2.75) is 425 Å². The van der Waals surface area contributed by atoms with Gasteiger partial charge in [-0.05, 0) is 51.4 Å². The van der Waals surface area contributed by atoms with E-state index in [0.717, 1.165) is 64.2 Å². The summed E-state index contributed by atoms with van der Waals surface area (Å²) in [7, 11) is 0. The van der Waals surface area contributed by atoms with E-state index in [1.165, 1.54) is 315 Å². The molecule has 0 amide bonds. The van der Waals surface area contributed by atoms with Crippen LogP contribution in [0.5, 0.6) is 0 Å². The monoisotopic (exact) mass is 1140 g/mol. The van der Waals surface area contributed by atoms with Crippen molar-refractivity contribution in [3.05, 3.63) is 24.3 Å². The minimum atomic E-state index is -0.765. The van der Waals surface area contributed by atoms with Crippen molar-refractivity contribution in [1.29, 1.82) is 0 Å². The second-order valence-corrected chi connectivity index (χ2v) is 25.2. The summed E-state index contributed by atoms with van der Waals surface area (Å²) >= 11 is 0. The maximum absolute atomic E-state index is 12.9. The highest BCUT2D eigenvalue weighted by molar-refractivity contribution is 5.71. The number of ether oxygens (including phenoxy) is 3. The van der Waals surface area contributed by atoms with Crippen LogP contribution in [0.4, 0.5) is 0 Å². The van der Waals surface area contributed by atoms with Crippen LogP contribution in [0.2, 0.25) is 0 Å². The van der Waals surface area contributed by atoms with E-state index in [4.69, 9.17) is 14.2 Å². The van der Waals surface area contributed by atoms with Crippen LogP contribution in [0.3, 0.4) is 0 Å². The smallest absolute Gasteiger partial charge is 0.306 e. The van der Waals surface area contributed by atoms with E-state index in [1.54, 1.807) is 0 Å². The molecule has 6 nitrogen and oxygen atoms in total. The lowest BCUT2D eigenvalue weighted by Gasteiger charge is -2.18. The Morgan fingerprint density at radius 3 is 0.679 bits per heavy atom. The molecule has 0 aliphatic rings. The zero-order valence-electron chi connectivity index (χ0n) is 55.1. The molecule has 0 aromatic rings. The van der Waals surface area contributed by atoms with Gasteiger partial charge in [0.15, 0.2) is 6.10 Å². The molecule has 478 valence electrons. The third-order valence-electron chi connectivity index (χ3n) is 17.0. The van der Waals surface area contributed by atoms with Gasteiger partial charge >= 0.3 is 17.9 Å². The van der Waals surface area contributed by atoms with Crippen LogP contribution in [-0.2, 0) is 28.6 Å². The van der Waals surface area contributed by atoms with Crippen LogP contribution >= 0.6 is 0 Å². The number of hydrogen-bond acceptors (Lipinski definition) is 6. The summed E-state index contributed by atoms with van der Waals surface area (Å²) < 4.78 is 17.0. The highest BCUT2D eigenvalue weighted by Crippen LogP contribution is 2.19. The first-order valence-electron chi connectivity index (χ1n) is 36.8. The van der Waals surface area contributed by atoms with E-state index >= 15 is 0 Å². The fraction of sp³-hybridized carbons (Fsp3) is 0.907. The summed E-state index contributed by atoms with van der Waals surface area (Å²) in [5.74, 6) is -0.828. The highest BCUT2D eigenvalue weighted by atomic mass is 16.6. The Bertz CT molecular complexity index is 1310. The van der Waals surface area contributed by atoms with Gasteiger partial charge in [-0.15, -0.1) is 0 Å². The van der Waals surface area contributed by atoms with Gasteiger partial charge in [0.2, 0.25) is 0 Å². The normalized spacial score (nSPS) is 12.1. The molecule has 0 saturated heterocycles. The SMILES string of the molecule is CCCCCCC/C=C\C/C=C\CCCCCCCCCCCCCCCCCCCCCCCCCC(=O)OCC(COC(=O)CCCCCCCCCCCCCCC)OC(=O)CCCCCCCCCCCCCCCCC. The fourth-order valence-electron chi connectivity index (χ4n) is 11.4. The first-order chi connectivity index (χ1) is 40.0. The lowest BCUT2D eigenvalue weighted by Crippen LogP contribution is -2.30. The summed E-state index contributed by atoms with van der Waals surface area (Å²) in [4.78, 5) is 38.4. The lowest BCUT2D eigenvalue weighted by atomic mass is 10.0. The topological polar surface area (TPSA) is 78.9 Å². The van der Waals surface area contributed by atoms with Crippen molar-refractivity contribution < 1.29 is 28.6 Å². The van der Waals surface area contributed by atoms with Crippen molar-refractivity contribution in [3.8, 4) is 0 Å². The third-order valence-corrected chi connectivity index (χ3v) is 17.0. The number of unbranched alkanes of at least 4 members (excludes halogenated alkanes) is 54. The molecular formula is C75H142O6. The van der Waals surface area contributed by atoms with Crippen molar-refractivity contribution in [3.63, 3.8) is 0 Å². The second kappa shape index (κ2) is 70.4. The third kappa shape index (κ3) is 68.6.